The molecule has 0 aromatic carbocycles. The fourth-order valence-electron chi connectivity index (χ4n) is 3.20. The zero-order chi connectivity index (χ0) is 13.0. The van der Waals surface area contributed by atoms with Crippen LogP contribution in [0.25, 0.3) is 0 Å². The molecule has 1 N–H and O–H groups in total. The molecule has 0 bridgehead atoms. The van der Waals surface area contributed by atoms with Gasteiger partial charge in [-0.3, -0.25) is 0 Å². The van der Waals surface area contributed by atoms with E-state index < -0.39 is 9.84 Å². The summed E-state index contributed by atoms with van der Waals surface area (Å²) < 4.78 is 24.7. The molecule has 0 aliphatic heterocycles. The van der Waals surface area contributed by atoms with E-state index in [1.807, 2.05) is 0 Å². The maximum Gasteiger partial charge on any atom is 0.153 e. The summed E-state index contributed by atoms with van der Waals surface area (Å²) in [6.45, 7) is 0. The SMILES string of the molecule is O=S(=O)(CC1CCCCC1)C1CCC(=NO)CC1. The summed E-state index contributed by atoms with van der Waals surface area (Å²) in [6.07, 6.45) is 8.32. The molecule has 2 fully saturated rings. The highest BCUT2D eigenvalue weighted by Crippen LogP contribution is 2.29. The van der Waals surface area contributed by atoms with Crippen LogP contribution in [0.1, 0.15) is 57.8 Å². The van der Waals surface area contributed by atoms with E-state index in [1.165, 1.54) is 19.3 Å². The number of nitrogens with zero attached hydrogens (tertiary/aromatic N) is 1. The molecule has 2 aliphatic carbocycles. The average molecular weight is 273 g/mol. The minimum Gasteiger partial charge on any atom is -0.411 e. The van der Waals surface area contributed by atoms with E-state index in [4.69, 9.17) is 5.21 Å². The topological polar surface area (TPSA) is 66.7 Å². The zero-order valence-corrected chi connectivity index (χ0v) is 11.7. The molecule has 0 saturated heterocycles. The lowest BCUT2D eigenvalue weighted by Crippen LogP contribution is -2.32. The first kappa shape index (κ1) is 13.8. The van der Waals surface area contributed by atoms with Gasteiger partial charge in [-0.25, -0.2) is 8.42 Å². The smallest absolute Gasteiger partial charge is 0.153 e. The summed E-state index contributed by atoms with van der Waals surface area (Å²) in [5.74, 6) is 0.764. The third kappa shape index (κ3) is 3.46. The first-order chi connectivity index (χ1) is 8.62. The van der Waals surface area contributed by atoms with Gasteiger partial charge in [0.25, 0.3) is 0 Å². The van der Waals surface area contributed by atoms with Crippen LogP contribution >= 0.6 is 0 Å². The fourth-order valence-corrected chi connectivity index (χ4v) is 5.42. The molecule has 0 radical (unpaired) electrons. The number of hydrogen-bond donors (Lipinski definition) is 1. The highest BCUT2D eigenvalue weighted by molar-refractivity contribution is 7.92. The van der Waals surface area contributed by atoms with Crippen LogP contribution in [0, 0.1) is 5.92 Å². The van der Waals surface area contributed by atoms with Crippen LogP contribution in [0.3, 0.4) is 0 Å². The number of hydrogen-bond acceptors (Lipinski definition) is 4. The van der Waals surface area contributed by atoms with E-state index in [1.54, 1.807) is 0 Å². The molecule has 104 valence electrons. The second-order valence-corrected chi connectivity index (χ2v) is 8.02. The van der Waals surface area contributed by atoms with Crippen molar-refractivity contribution >= 4 is 15.5 Å². The number of sulfone groups is 1. The Balaban J connectivity index is 1.90. The summed E-state index contributed by atoms with van der Waals surface area (Å²) >= 11 is 0. The van der Waals surface area contributed by atoms with Crippen molar-refractivity contribution in [2.24, 2.45) is 11.1 Å². The van der Waals surface area contributed by atoms with Crippen molar-refractivity contribution in [3.05, 3.63) is 0 Å². The van der Waals surface area contributed by atoms with Crippen molar-refractivity contribution in [1.29, 1.82) is 0 Å². The molecular weight excluding hydrogens is 250 g/mol. The van der Waals surface area contributed by atoms with Gasteiger partial charge in [0.2, 0.25) is 0 Å². The maximum atomic E-state index is 12.3. The Labute approximate surface area is 109 Å². The predicted molar refractivity (Wildman–Crippen MR) is 71.8 cm³/mol. The van der Waals surface area contributed by atoms with Crippen LogP contribution < -0.4 is 0 Å². The van der Waals surface area contributed by atoms with Gasteiger partial charge in [0.15, 0.2) is 9.84 Å². The minimum absolute atomic E-state index is 0.204. The van der Waals surface area contributed by atoms with E-state index in [0.717, 1.165) is 18.6 Å². The third-order valence-electron chi connectivity index (χ3n) is 4.35. The van der Waals surface area contributed by atoms with Crippen molar-refractivity contribution in [1.82, 2.24) is 0 Å². The van der Waals surface area contributed by atoms with Crippen molar-refractivity contribution in [2.45, 2.75) is 63.0 Å². The molecule has 0 spiro atoms. The van der Waals surface area contributed by atoms with Gasteiger partial charge in [0.1, 0.15) is 0 Å². The molecule has 2 rings (SSSR count). The molecule has 2 saturated carbocycles. The highest BCUT2D eigenvalue weighted by Gasteiger charge is 2.31. The van der Waals surface area contributed by atoms with Crippen LogP contribution in [-0.2, 0) is 9.84 Å². The van der Waals surface area contributed by atoms with Crippen LogP contribution in [-0.4, -0.2) is 30.3 Å². The average Bonchev–Trinajstić information content (AvgIpc) is 2.39. The summed E-state index contributed by atoms with van der Waals surface area (Å²) in [5, 5.41) is 11.7. The van der Waals surface area contributed by atoms with Crippen molar-refractivity contribution in [3.8, 4) is 0 Å². The van der Waals surface area contributed by atoms with E-state index in [0.29, 0.717) is 37.4 Å². The normalized spacial score (nSPS) is 27.1. The highest BCUT2D eigenvalue weighted by atomic mass is 32.2. The molecule has 0 aromatic heterocycles. The van der Waals surface area contributed by atoms with Crippen LogP contribution in [0.2, 0.25) is 0 Å². The third-order valence-corrected chi connectivity index (χ3v) is 6.77. The molecule has 0 aromatic rings. The standard InChI is InChI=1S/C13H23NO3S/c15-14-12-6-8-13(9-7-12)18(16,17)10-11-4-2-1-3-5-11/h11,13,15H,1-10H2. The predicted octanol–water partition coefficient (Wildman–Crippen LogP) is 2.75. The minimum atomic E-state index is -2.95. The molecule has 4 nitrogen and oxygen atoms in total. The second-order valence-electron chi connectivity index (χ2n) is 5.70. The Hall–Kier alpha value is -0.580. The molecule has 0 heterocycles. The molecular formula is C13H23NO3S. The van der Waals surface area contributed by atoms with Crippen molar-refractivity contribution in [2.75, 3.05) is 5.75 Å². The lowest BCUT2D eigenvalue weighted by molar-refractivity contribution is 0.314. The van der Waals surface area contributed by atoms with Gasteiger partial charge in [-0.1, -0.05) is 24.4 Å². The second kappa shape index (κ2) is 6.04. The lowest BCUT2D eigenvalue weighted by Gasteiger charge is -2.26. The van der Waals surface area contributed by atoms with Gasteiger partial charge in [0, 0.05) is 0 Å². The van der Waals surface area contributed by atoms with Gasteiger partial charge in [-0.2, -0.15) is 0 Å². The maximum absolute atomic E-state index is 12.3. The largest absolute Gasteiger partial charge is 0.411 e. The molecule has 0 unspecified atom stereocenters. The monoisotopic (exact) mass is 273 g/mol. The Kier molecular flexibility index (Phi) is 4.65. The van der Waals surface area contributed by atoms with Crippen LogP contribution in [0.15, 0.2) is 5.16 Å². The van der Waals surface area contributed by atoms with Gasteiger partial charge < -0.3 is 5.21 Å². The Morgan fingerprint density at radius 3 is 2.22 bits per heavy atom. The van der Waals surface area contributed by atoms with Crippen molar-refractivity contribution < 1.29 is 13.6 Å². The number of rotatable bonds is 3. The quantitative estimate of drug-likeness (QED) is 0.635. The Bertz CT molecular complexity index is 386. The molecule has 0 amide bonds. The fraction of sp³-hybridized carbons (Fsp3) is 0.923. The number of oxime groups is 1. The molecule has 5 heteroatoms. The lowest BCUT2D eigenvalue weighted by atomic mass is 9.91. The van der Waals surface area contributed by atoms with E-state index in [2.05, 4.69) is 5.16 Å². The summed E-state index contributed by atoms with van der Waals surface area (Å²) in [4.78, 5) is 0. The molecule has 18 heavy (non-hydrogen) atoms. The van der Waals surface area contributed by atoms with Gasteiger partial charge in [0.05, 0.1) is 16.7 Å². The van der Waals surface area contributed by atoms with Crippen LogP contribution in [0.4, 0.5) is 0 Å². The Morgan fingerprint density at radius 2 is 1.67 bits per heavy atom. The molecule has 2 aliphatic rings. The summed E-state index contributed by atoms with van der Waals surface area (Å²) in [7, 11) is -2.95. The first-order valence-electron chi connectivity index (χ1n) is 7.03. The summed E-state index contributed by atoms with van der Waals surface area (Å²) in [6, 6.07) is 0. The molecule has 0 atom stereocenters. The van der Waals surface area contributed by atoms with Gasteiger partial charge in [-0.15, -0.1) is 0 Å². The van der Waals surface area contributed by atoms with Gasteiger partial charge >= 0.3 is 0 Å². The van der Waals surface area contributed by atoms with E-state index in [-0.39, 0.29) is 5.25 Å². The van der Waals surface area contributed by atoms with E-state index >= 15 is 0 Å². The zero-order valence-electron chi connectivity index (χ0n) is 10.8. The van der Waals surface area contributed by atoms with Crippen LogP contribution in [0.5, 0.6) is 0 Å². The Morgan fingerprint density at radius 1 is 1.06 bits per heavy atom. The van der Waals surface area contributed by atoms with E-state index in [9.17, 15) is 8.42 Å². The van der Waals surface area contributed by atoms with Crippen molar-refractivity contribution in [3.63, 3.8) is 0 Å². The summed E-state index contributed by atoms with van der Waals surface area (Å²) in [5.41, 5.74) is 0.749. The first-order valence-corrected chi connectivity index (χ1v) is 8.75. The van der Waals surface area contributed by atoms with Gasteiger partial charge in [-0.05, 0) is 44.4 Å².